The Morgan fingerprint density at radius 2 is 2.05 bits per heavy atom. The number of pyridine rings is 1. The fourth-order valence-electron chi connectivity index (χ4n) is 3.88. The number of nitrogens with zero attached hydrogens (tertiary/aromatic N) is 5. The van der Waals surface area contributed by atoms with E-state index in [-0.39, 0.29) is 29.7 Å². The predicted octanol–water partition coefficient (Wildman–Crippen LogP) is -1.57. The van der Waals surface area contributed by atoms with Gasteiger partial charge in [-0.3, -0.25) is 14.5 Å². The Labute approximate surface area is 236 Å². The summed E-state index contributed by atoms with van der Waals surface area (Å²) in [4.78, 5) is 59.6. The van der Waals surface area contributed by atoms with Crippen LogP contribution in [0, 0.1) is 0 Å². The molecule has 4 heterocycles. The number of carbonyl (C=O) groups excluding carboxylic acids is 3. The van der Waals surface area contributed by atoms with Crippen molar-refractivity contribution in [3.8, 4) is 0 Å². The molecule has 5 N–H and O–H groups in total. The van der Waals surface area contributed by atoms with Crippen LogP contribution in [0.3, 0.4) is 0 Å². The molecule has 2 aliphatic heterocycles. The van der Waals surface area contributed by atoms with E-state index in [0.717, 1.165) is 11.2 Å². The number of aliphatic carboxylic acids is 2. The number of hydrogen-bond acceptors (Lipinski definition) is 13. The third-order valence-corrected chi connectivity index (χ3v) is 7.56. The summed E-state index contributed by atoms with van der Waals surface area (Å²) in [6.45, 7) is 4.18. The first-order chi connectivity index (χ1) is 19.3. The molecule has 17 heteroatoms. The van der Waals surface area contributed by atoms with Crippen LogP contribution < -0.4 is 20.7 Å². The molecule has 41 heavy (non-hydrogen) atoms. The molecule has 2 amide bonds. The number of carbonyl (C=O) groups is 4. The van der Waals surface area contributed by atoms with E-state index in [9.17, 15) is 29.4 Å². The number of thioether (sulfide) groups is 1. The van der Waals surface area contributed by atoms with E-state index < -0.39 is 46.5 Å². The lowest BCUT2D eigenvalue weighted by molar-refractivity contribution is -0.689. The number of aromatic nitrogens is 2. The number of nitrogens with one attached hydrogen (secondary N) is 1. The normalized spacial score (nSPS) is 19.4. The molecule has 0 radical (unpaired) electrons. The highest BCUT2D eigenvalue weighted by atomic mass is 32.2. The molecule has 0 aliphatic carbocycles. The maximum atomic E-state index is 13.1. The van der Waals surface area contributed by atoms with Crippen molar-refractivity contribution in [1.29, 1.82) is 0 Å². The van der Waals surface area contributed by atoms with Crippen LogP contribution in [-0.2, 0) is 30.6 Å². The number of oxazole rings is 1. The van der Waals surface area contributed by atoms with Gasteiger partial charge < -0.3 is 40.5 Å². The van der Waals surface area contributed by atoms with Gasteiger partial charge in [0, 0.05) is 29.0 Å². The van der Waals surface area contributed by atoms with E-state index >= 15 is 0 Å². The van der Waals surface area contributed by atoms with Crippen LogP contribution in [-0.4, -0.2) is 78.1 Å². The van der Waals surface area contributed by atoms with Crippen LogP contribution in [0.2, 0.25) is 0 Å². The zero-order chi connectivity index (χ0) is 30.1. The van der Waals surface area contributed by atoms with Crippen molar-refractivity contribution in [3.05, 3.63) is 53.3 Å². The largest absolute Gasteiger partial charge is 0.543 e. The number of β-lactam (4-membered cyclic amide) rings is 1. The average Bonchev–Trinajstić information content (AvgIpc) is 3.36. The van der Waals surface area contributed by atoms with Gasteiger partial charge in [-0.2, -0.15) is 4.98 Å². The van der Waals surface area contributed by atoms with Crippen LogP contribution in [0.15, 0.2) is 56.8 Å². The molecule has 16 nitrogen and oxygen atoms in total. The average molecular weight is 588 g/mol. The summed E-state index contributed by atoms with van der Waals surface area (Å²) in [6.07, 6.45) is 4.35. The van der Waals surface area contributed by atoms with Gasteiger partial charge in [0.05, 0.1) is 17.4 Å². The second kappa shape index (κ2) is 11.3. The fourth-order valence-corrected chi connectivity index (χ4v) is 5.22. The third kappa shape index (κ3) is 5.84. The lowest BCUT2D eigenvalue weighted by Crippen LogP contribution is -2.71. The molecule has 0 saturated carbocycles. The number of nitrogens with two attached hydrogens (primary N) is 1. The first-order valence-electron chi connectivity index (χ1n) is 11.9. The highest BCUT2D eigenvalue weighted by Gasteiger charge is 2.53. The number of carboxylic acid groups (broad SMARTS) is 2. The molecule has 1 fully saturated rings. The zero-order valence-electron chi connectivity index (χ0n) is 21.9. The van der Waals surface area contributed by atoms with E-state index in [1.165, 1.54) is 25.6 Å². The minimum atomic E-state index is -1.81. The van der Waals surface area contributed by atoms with Gasteiger partial charge in [-0.05, 0) is 20.8 Å². The molecule has 2 atom stereocenters. The summed E-state index contributed by atoms with van der Waals surface area (Å²) >= 11 is 1.23. The van der Waals surface area contributed by atoms with Gasteiger partial charge in [0.1, 0.15) is 23.4 Å². The Morgan fingerprint density at radius 1 is 1.37 bits per heavy atom. The van der Waals surface area contributed by atoms with Gasteiger partial charge in [0.2, 0.25) is 5.60 Å². The topological polar surface area (TPSA) is 237 Å². The maximum absolute atomic E-state index is 13.1. The number of hydrogen-bond donors (Lipinski definition) is 4. The minimum Gasteiger partial charge on any atom is -0.543 e. The van der Waals surface area contributed by atoms with E-state index in [2.05, 4.69) is 20.6 Å². The van der Waals surface area contributed by atoms with Gasteiger partial charge >= 0.3 is 5.97 Å². The van der Waals surface area contributed by atoms with Crippen LogP contribution in [0.4, 0.5) is 6.01 Å². The number of rotatable bonds is 10. The highest BCUT2D eigenvalue weighted by molar-refractivity contribution is 8.00. The summed E-state index contributed by atoms with van der Waals surface area (Å²) < 4.78 is 6.61. The summed E-state index contributed by atoms with van der Waals surface area (Å²) in [5.41, 5.74) is 4.18. The van der Waals surface area contributed by atoms with Crippen LogP contribution in [0.5, 0.6) is 0 Å². The van der Waals surface area contributed by atoms with Crippen molar-refractivity contribution in [2.45, 2.75) is 44.3 Å². The van der Waals surface area contributed by atoms with Crippen molar-refractivity contribution in [2.75, 3.05) is 11.5 Å². The second-order valence-corrected chi connectivity index (χ2v) is 10.6. The lowest BCUT2D eigenvalue weighted by atomic mass is 10.0. The molecule has 2 aromatic heterocycles. The molecule has 1 unspecified atom stereocenters. The fraction of sp³-hybridized carbons (Fsp3) is 0.333. The molecule has 0 spiro atoms. The predicted molar refractivity (Wildman–Crippen MR) is 138 cm³/mol. The first-order valence-corrected chi connectivity index (χ1v) is 13.0. The van der Waals surface area contributed by atoms with Crippen LogP contribution >= 0.6 is 11.8 Å². The molecule has 4 rings (SSSR count). The minimum absolute atomic E-state index is 0.139. The Morgan fingerprint density at radius 3 is 2.61 bits per heavy atom. The SMILES string of the molecule is CC(=NO)c1cc[n+](CC2=C(C(=O)[O-])N3C(=O)C(NC(=O)/C(=N\OC(C)(C)C(=O)O)c4coc(N)n4)[C@@H]3SC2)cc1. The smallest absolute Gasteiger partial charge is 0.350 e. The number of nitrogen functional groups attached to an aromatic ring is 1. The molecular weight excluding hydrogens is 562 g/mol. The summed E-state index contributed by atoms with van der Waals surface area (Å²) in [7, 11) is 0. The molecule has 0 aromatic carbocycles. The monoisotopic (exact) mass is 587 g/mol. The quantitative estimate of drug-likeness (QED) is 0.0811. The van der Waals surface area contributed by atoms with Gasteiger partial charge in [-0.25, -0.2) is 9.36 Å². The summed E-state index contributed by atoms with van der Waals surface area (Å²) in [6, 6.07) is 1.94. The molecule has 0 bridgehead atoms. The van der Waals surface area contributed by atoms with Crippen LogP contribution in [0.1, 0.15) is 32.0 Å². The second-order valence-electron chi connectivity index (χ2n) is 9.46. The Kier molecular flexibility index (Phi) is 8.00. The van der Waals surface area contributed by atoms with Crippen molar-refractivity contribution in [3.63, 3.8) is 0 Å². The lowest BCUT2D eigenvalue weighted by Gasteiger charge is -2.50. The third-order valence-electron chi connectivity index (χ3n) is 6.22. The number of oxime groups is 2. The standard InChI is InChI=1S/C24H25N7O9S/c1-11(28-38)12-4-6-30(7-5-12)8-13-10-41-20-16(19(33)31(20)17(13)21(34)35)27-18(32)15(14-9-39-23(25)26-14)29-40-24(2,3)22(36)37/h4-7,9,16,20H,8,10H2,1-3H3,(H5,25,26,27,32,34,35,36,37)/b29-15-/t16?,20-/m0/s1. The van der Waals surface area contributed by atoms with Gasteiger partial charge in [0.25, 0.3) is 17.8 Å². The Bertz CT molecular complexity index is 1500. The molecule has 216 valence electrons. The van der Waals surface area contributed by atoms with Crippen molar-refractivity contribution in [2.24, 2.45) is 10.3 Å². The molecule has 1 saturated heterocycles. The Hall–Kier alpha value is -4.93. The van der Waals surface area contributed by atoms with Crippen molar-refractivity contribution < 1.29 is 48.4 Å². The van der Waals surface area contributed by atoms with Crippen molar-refractivity contribution in [1.82, 2.24) is 15.2 Å². The zero-order valence-corrected chi connectivity index (χ0v) is 22.7. The van der Waals surface area contributed by atoms with E-state index in [4.69, 9.17) is 20.2 Å². The number of carboxylic acids is 2. The van der Waals surface area contributed by atoms with Crippen LogP contribution in [0.25, 0.3) is 0 Å². The van der Waals surface area contributed by atoms with E-state index in [1.54, 1.807) is 36.0 Å². The van der Waals surface area contributed by atoms with Gasteiger partial charge in [-0.15, -0.1) is 11.8 Å². The molecule has 2 aliphatic rings. The van der Waals surface area contributed by atoms with Gasteiger partial charge in [0.15, 0.2) is 24.7 Å². The summed E-state index contributed by atoms with van der Waals surface area (Å²) in [5.74, 6) is -4.35. The van der Waals surface area contributed by atoms with E-state index in [1.807, 2.05) is 0 Å². The number of anilines is 1. The Balaban J connectivity index is 1.54. The van der Waals surface area contributed by atoms with Gasteiger partial charge in [-0.1, -0.05) is 10.3 Å². The summed E-state index contributed by atoms with van der Waals surface area (Å²) in [5, 5.41) is 38.8. The number of amides is 2. The molecular formula is C24H25N7O9S. The van der Waals surface area contributed by atoms with Crippen molar-refractivity contribution >= 4 is 53.0 Å². The number of fused-ring (bicyclic) bond motifs is 1. The van der Waals surface area contributed by atoms with E-state index in [0.29, 0.717) is 16.8 Å². The highest BCUT2D eigenvalue weighted by Crippen LogP contribution is 2.40. The molecule has 2 aromatic rings. The maximum Gasteiger partial charge on any atom is 0.350 e. The first kappa shape index (κ1) is 29.1.